The zero-order valence-electron chi connectivity index (χ0n) is 13.2. The van der Waals surface area contributed by atoms with Crippen LogP contribution in [0.2, 0.25) is 0 Å². The molecule has 0 bridgehead atoms. The minimum Gasteiger partial charge on any atom is -0.376 e. The van der Waals surface area contributed by atoms with Gasteiger partial charge in [0.05, 0.1) is 18.1 Å². The molecule has 1 unspecified atom stereocenters. The molecule has 1 aliphatic carbocycles. The number of rotatable bonds is 4. The first-order chi connectivity index (χ1) is 10.7. The number of nitrogens with one attached hydrogen (secondary N) is 1. The van der Waals surface area contributed by atoms with E-state index in [1.807, 2.05) is 11.8 Å². The fourth-order valence-corrected chi connectivity index (χ4v) is 3.38. The maximum atomic E-state index is 12.4. The maximum Gasteiger partial charge on any atom is 0.317 e. The highest BCUT2D eigenvalue weighted by atomic mass is 16.5. The van der Waals surface area contributed by atoms with E-state index in [0.29, 0.717) is 24.9 Å². The number of aromatic nitrogens is 2. The van der Waals surface area contributed by atoms with Gasteiger partial charge in [0, 0.05) is 19.7 Å². The van der Waals surface area contributed by atoms with Crippen molar-refractivity contribution in [3.05, 3.63) is 11.7 Å². The lowest BCUT2D eigenvalue weighted by atomic mass is 10.1. The number of likely N-dealkylation sites (tertiary alicyclic amines) is 1. The predicted octanol–water partition coefficient (Wildman–Crippen LogP) is 1.83. The molecule has 3 atom stereocenters. The van der Waals surface area contributed by atoms with Gasteiger partial charge in [0.25, 0.3) is 0 Å². The van der Waals surface area contributed by atoms with Crippen LogP contribution in [0.3, 0.4) is 0 Å². The Balaban J connectivity index is 1.53. The van der Waals surface area contributed by atoms with Crippen LogP contribution in [0, 0.1) is 6.92 Å². The van der Waals surface area contributed by atoms with Gasteiger partial charge < -0.3 is 19.5 Å². The van der Waals surface area contributed by atoms with E-state index in [1.165, 1.54) is 0 Å². The summed E-state index contributed by atoms with van der Waals surface area (Å²) < 4.78 is 10.9. The van der Waals surface area contributed by atoms with Gasteiger partial charge in [0.15, 0.2) is 5.82 Å². The Labute approximate surface area is 130 Å². The van der Waals surface area contributed by atoms with Gasteiger partial charge in [-0.2, -0.15) is 4.98 Å². The SMILES string of the molecule is CCO[C@@H]1CCC[C@H]1NC(=O)N1CCC(c2nc(C)no2)C1. The number of aryl methyl sites for hydroxylation is 1. The van der Waals surface area contributed by atoms with E-state index in [1.54, 1.807) is 6.92 Å². The van der Waals surface area contributed by atoms with Gasteiger partial charge in [-0.3, -0.25) is 0 Å². The average Bonchev–Trinajstić information content (AvgIpc) is 3.20. The molecule has 0 spiro atoms. The van der Waals surface area contributed by atoms with Crippen molar-refractivity contribution in [3.63, 3.8) is 0 Å². The van der Waals surface area contributed by atoms with Crippen LogP contribution in [-0.2, 0) is 4.74 Å². The molecule has 1 aromatic heterocycles. The monoisotopic (exact) mass is 308 g/mol. The van der Waals surface area contributed by atoms with Gasteiger partial charge >= 0.3 is 6.03 Å². The van der Waals surface area contributed by atoms with E-state index in [2.05, 4.69) is 15.5 Å². The second-order valence-corrected chi connectivity index (χ2v) is 6.09. The zero-order valence-corrected chi connectivity index (χ0v) is 13.2. The van der Waals surface area contributed by atoms with Crippen LogP contribution >= 0.6 is 0 Å². The molecule has 2 fully saturated rings. The van der Waals surface area contributed by atoms with Gasteiger partial charge in [0.1, 0.15) is 0 Å². The number of amides is 2. The second-order valence-electron chi connectivity index (χ2n) is 6.09. The Morgan fingerprint density at radius 2 is 2.32 bits per heavy atom. The van der Waals surface area contributed by atoms with Crippen molar-refractivity contribution in [1.82, 2.24) is 20.4 Å². The summed E-state index contributed by atoms with van der Waals surface area (Å²) in [6.45, 7) is 5.86. The standard InChI is InChI=1S/C15H24N4O3/c1-3-21-13-6-4-5-12(13)17-15(20)19-8-7-11(9-19)14-16-10(2)18-22-14/h11-13H,3-9H2,1-2H3,(H,17,20)/t11?,12-,13-/m1/s1. The third-order valence-electron chi connectivity index (χ3n) is 4.51. The van der Waals surface area contributed by atoms with Gasteiger partial charge in [-0.1, -0.05) is 5.16 Å². The molecule has 2 heterocycles. The number of urea groups is 1. The molecule has 1 aliphatic heterocycles. The van der Waals surface area contributed by atoms with E-state index in [-0.39, 0.29) is 24.1 Å². The van der Waals surface area contributed by atoms with Crippen molar-refractivity contribution < 1.29 is 14.1 Å². The van der Waals surface area contributed by atoms with Crippen LogP contribution < -0.4 is 5.32 Å². The van der Waals surface area contributed by atoms with E-state index in [4.69, 9.17) is 9.26 Å². The minimum absolute atomic E-state index is 0.00431. The lowest BCUT2D eigenvalue weighted by Crippen LogP contribution is -2.47. The third kappa shape index (κ3) is 3.24. The number of hydrogen-bond donors (Lipinski definition) is 1. The molecule has 1 aromatic rings. The molecule has 0 aromatic carbocycles. The summed E-state index contributed by atoms with van der Waals surface area (Å²) in [5.74, 6) is 1.43. The van der Waals surface area contributed by atoms with Crippen molar-refractivity contribution in [3.8, 4) is 0 Å². The van der Waals surface area contributed by atoms with Crippen molar-refractivity contribution in [2.24, 2.45) is 0 Å². The van der Waals surface area contributed by atoms with Gasteiger partial charge in [-0.25, -0.2) is 4.79 Å². The van der Waals surface area contributed by atoms with Gasteiger partial charge in [0.2, 0.25) is 5.89 Å². The predicted molar refractivity (Wildman–Crippen MR) is 79.6 cm³/mol. The van der Waals surface area contributed by atoms with Crippen molar-refractivity contribution >= 4 is 6.03 Å². The van der Waals surface area contributed by atoms with Crippen molar-refractivity contribution in [1.29, 1.82) is 0 Å². The average molecular weight is 308 g/mol. The number of hydrogen-bond acceptors (Lipinski definition) is 5. The normalized spacial score (nSPS) is 28.3. The van der Waals surface area contributed by atoms with Gasteiger partial charge in [-0.05, 0) is 39.5 Å². The molecule has 7 nitrogen and oxygen atoms in total. The fraction of sp³-hybridized carbons (Fsp3) is 0.800. The Morgan fingerprint density at radius 1 is 1.45 bits per heavy atom. The molecule has 2 aliphatic rings. The second kappa shape index (κ2) is 6.64. The number of carbonyl (C=O) groups is 1. The molecule has 1 N–H and O–H groups in total. The van der Waals surface area contributed by atoms with E-state index >= 15 is 0 Å². The van der Waals surface area contributed by atoms with Gasteiger partial charge in [-0.15, -0.1) is 0 Å². The van der Waals surface area contributed by atoms with Crippen molar-refractivity contribution in [2.45, 2.75) is 57.6 Å². The van der Waals surface area contributed by atoms with Crippen LogP contribution in [0.25, 0.3) is 0 Å². The fourth-order valence-electron chi connectivity index (χ4n) is 3.38. The summed E-state index contributed by atoms with van der Waals surface area (Å²) in [5.41, 5.74) is 0. The van der Waals surface area contributed by atoms with Crippen molar-refractivity contribution in [2.75, 3.05) is 19.7 Å². The molecule has 0 radical (unpaired) electrons. The Morgan fingerprint density at radius 3 is 3.05 bits per heavy atom. The Kier molecular flexibility index (Phi) is 4.61. The number of carbonyl (C=O) groups excluding carboxylic acids is 1. The molecular formula is C15H24N4O3. The molecule has 7 heteroatoms. The summed E-state index contributed by atoms with van der Waals surface area (Å²) >= 11 is 0. The molecule has 2 amide bonds. The largest absolute Gasteiger partial charge is 0.376 e. The van der Waals surface area contributed by atoms with Crippen LogP contribution in [0.5, 0.6) is 0 Å². The lowest BCUT2D eigenvalue weighted by Gasteiger charge is -2.24. The zero-order chi connectivity index (χ0) is 15.5. The van der Waals surface area contributed by atoms with Crippen LogP contribution in [0.1, 0.15) is 50.2 Å². The number of nitrogens with zero attached hydrogens (tertiary/aromatic N) is 3. The van der Waals surface area contributed by atoms with Crippen LogP contribution in [-0.4, -0.2) is 52.9 Å². The molecular weight excluding hydrogens is 284 g/mol. The van der Waals surface area contributed by atoms with Crippen LogP contribution in [0.15, 0.2) is 4.52 Å². The summed E-state index contributed by atoms with van der Waals surface area (Å²) in [6, 6.07) is 0.132. The van der Waals surface area contributed by atoms with E-state index in [0.717, 1.165) is 32.2 Å². The highest BCUT2D eigenvalue weighted by molar-refractivity contribution is 5.75. The molecule has 3 rings (SSSR count). The minimum atomic E-state index is -0.00431. The molecule has 22 heavy (non-hydrogen) atoms. The lowest BCUT2D eigenvalue weighted by molar-refractivity contribution is 0.0498. The summed E-state index contributed by atoms with van der Waals surface area (Å²) in [4.78, 5) is 18.5. The summed E-state index contributed by atoms with van der Waals surface area (Å²) in [7, 11) is 0. The quantitative estimate of drug-likeness (QED) is 0.918. The third-order valence-corrected chi connectivity index (χ3v) is 4.51. The van der Waals surface area contributed by atoms with E-state index in [9.17, 15) is 4.79 Å². The first kappa shape index (κ1) is 15.3. The summed E-state index contributed by atoms with van der Waals surface area (Å²) in [6.07, 6.45) is 4.17. The highest BCUT2D eigenvalue weighted by Crippen LogP contribution is 2.27. The Hall–Kier alpha value is -1.63. The molecule has 122 valence electrons. The first-order valence-corrected chi connectivity index (χ1v) is 8.14. The molecule has 1 saturated carbocycles. The first-order valence-electron chi connectivity index (χ1n) is 8.14. The smallest absolute Gasteiger partial charge is 0.317 e. The topological polar surface area (TPSA) is 80.5 Å². The van der Waals surface area contributed by atoms with Crippen LogP contribution in [0.4, 0.5) is 4.79 Å². The highest BCUT2D eigenvalue weighted by Gasteiger charge is 2.34. The Bertz CT molecular complexity index is 519. The number of ether oxygens (including phenoxy) is 1. The maximum absolute atomic E-state index is 12.4. The summed E-state index contributed by atoms with van der Waals surface area (Å²) in [5, 5.41) is 6.95. The molecule has 1 saturated heterocycles. The van der Waals surface area contributed by atoms with E-state index < -0.39 is 0 Å².